The quantitative estimate of drug-likeness (QED) is 0.214. The van der Waals surface area contributed by atoms with Crippen LogP contribution in [0, 0.1) is 23.7 Å². The van der Waals surface area contributed by atoms with E-state index in [2.05, 4.69) is 65.2 Å². The number of hydrogen-bond donors (Lipinski definition) is 0. The van der Waals surface area contributed by atoms with Gasteiger partial charge in [0.25, 0.3) is 0 Å². The first-order valence-electron chi connectivity index (χ1n) is 10.9. The Bertz CT molecular complexity index is 372. The van der Waals surface area contributed by atoms with Crippen molar-refractivity contribution < 1.29 is 0 Å². The van der Waals surface area contributed by atoms with E-state index in [9.17, 15) is 0 Å². The van der Waals surface area contributed by atoms with Gasteiger partial charge in [-0.15, -0.1) is 0 Å². The second-order valence-electron chi connectivity index (χ2n) is 9.40. The molecule has 0 bridgehead atoms. The summed E-state index contributed by atoms with van der Waals surface area (Å²) in [4.78, 5) is 4.78. The lowest BCUT2D eigenvalue weighted by atomic mass is 10.1. The molecular weight excluding hydrogens is 421 g/mol. The molecule has 0 radical (unpaired) electrons. The van der Waals surface area contributed by atoms with Gasteiger partial charge in [-0.25, -0.2) is 0 Å². The summed E-state index contributed by atoms with van der Waals surface area (Å²) < 4.78 is 1.97. The summed E-state index contributed by atoms with van der Waals surface area (Å²) in [5.74, 6) is 2.80. The zero-order chi connectivity index (χ0) is 21.7. The van der Waals surface area contributed by atoms with Gasteiger partial charge in [0.15, 0.2) is 0 Å². The Labute approximate surface area is 194 Å². The number of thiocarbonyl (C=S) groups is 2. The fourth-order valence-electron chi connectivity index (χ4n) is 2.42. The molecule has 0 rings (SSSR count). The fourth-order valence-corrected chi connectivity index (χ4v) is 5.18. The normalized spacial score (nSPS) is 11.7. The van der Waals surface area contributed by atoms with Gasteiger partial charge in [0, 0.05) is 26.2 Å². The highest BCUT2D eigenvalue weighted by molar-refractivity contribution is 8.89. The molecule has 6 heteroatoms. The Hall–Kier alpha value is 0.480. The van der Waals surface area contributed by atoms with E-state index in [-0.39, 0.29) is 0 Å². The molecule has 0 aromatic rings. The maximum atomic E-state index is 5.79. The molecule has 0 aromatic heterocycles. The molecular formula is C22H44N2S4. The van der Waals surface area contributed by atoms with Gasteiger partial charge in [-0.2, -0.15) is 0 Å². The minimum absolute atomic E-state index is 0.700. The van der Waals surface area contributed by atoms with Crippen molar-refractivity contribution in [2.75, 3.05) is 26.2 Å². The van der Waals surface area contributed by atoms with Crippen molar-refractivity contribution in [3.63, 3.8) is 0 Å². The van der Waals surface area contributed by atoms with Crippen LogP contribution >= 0.6 is 46.0 Å². The average Bonchev–Trinajstić information content (AvgIpc) is 2.58. The Kier molecular flexibility index (Phi) is 16.5. The van der Waals surface area contributed by atoms with Crippen LogP contribution in [0.2, 0.25) is 0 Å². The summed E-state index contributed by atoms with van der Waals surface area (Å²) in [5, 5.41) is 0. The largest absolute Gasteiger partial charge is 0.357 e. The molecule has 166 valence electrons. The van der Waals surface area contributed by atoms with Crippen molar-refractivity contribution in [2.45, 2.75) is 81.1 Å². The highest BCUT2D eigenvalue weighted by Gasteiger charge is 2.16. The molecule has 0 aliphatic carbocycles. The second kappa shape index (κ2) is 16.2. The van der Waals surface area contributed by atoms with Crippen LogP contribution in [0.1, 0.15) is 81.1 Å². The van der Waals surface area contributed by atoms with Gasteiger partial charge in [-0.05, 0) is 70.9 Å². The molecule has 28 heavy (non-hydrogen) atoms. The standard InChI is InChI=1S/C22H44N2S4/c1-17(2)9-13-23(14-10-18(3)4)21(25)27-28-22(26)24(15-11-19(5)6)16-12-20(7)8/h17-20H,9-16H2,1-8H3. The predicted octanol–water partition coefficient (Wildman–Crippen LogP) is 7.73. The van der Waals surface area contributed by atoms with Crippen LogP contribution in [-0.4, -0.2) is 44.6 Å². The summed E-state index contributed by atoms with van der Waals surface area (Å²) in [5.41, 5.74) is 0. The first-order valence-corrected chi connectivity index (χ1v) is 13.9. The van der Waals surface area contributed by atoms with E-state index in [0.717, 1.165) is 34.8 Å². The Balaban J connectivity index is 4.73. The SMILES string of the molecule is CC(C)CCN(CCC(C)C)C(=S)SSC(=S)N(CCC(C)C)CCC(C)C. The van der Waals surface area contributed by atoms with E-state index >= 15 is 0 Å². The molecule has 0 heterocycles. The van der Waals surface area contributed by atoms with Crippen LogP contribution in [0.5, 0.6) is 0 Å². The minimum atomic E-state index is 0.700. The molecule has 0 aromatic carbocycles. The monoisotopic (exact) mass is 464 g/mol. The molecule has 0 aliphatic rings. The van der Waals surface area contributed by atoms with E-state index in [1.807, 2.05) is 0 Å². The van der Waals surface area contributed by atoms with E-state index in [4.69, 9.17) is 24.4 Å². The Morgan fingerprint density at radius 2 is 0.750 bits per heavy atom. The summed E-state index contributed by atoms with van der Waals surface area (Å²) in [7, 11) is 3.37. The molecule has 0 saturated heterocycles. The second-order valence-corrected chi connectivity index (χ2v) is 12.8. The first-order chi connectivity index (χ1) is 13.0. The van der Waals surface area contributed by atoms with Crippen LogP contribution < -0.4 is 0 Å². The Morgan fingerprint density at radius 3 is 0.929 bits per heavy atom. The van der Waals surface area contributed by atoms with Gasteiger partial charge in [-0.1, -0.05) is 79.8 Å². The van der Waals surface area contributed by atoms with E-state index in [1.54, 1.807) is 21.6 Å². The number of nitrogens with zero attached hydrogens (tertiary/aromatic N) is 2. The lowest BCUT2D eigenvalue weighted by molar-refractivity contribution is 0.363. The van der Waals surface area contributed by atoms with Crippen molar-refractivity contribution in [2.24, 2.45) is 23.7 Å². The number of rotatable bonds is 12. The predicted molar refractivity (Wildman–Crippen MR) is 141 cm³/mol. The highest BCUT2D eigenvalue weighted by Crippen LogP contribution is 2.29. The topological polar surface area (TPSA) is 6.48 Å². The number of hydrogen-bond acceptors (Lipinski definition) is 4. The highest BCUT2D eigenvalue weighted by atomic mass is 33.1. The maximum absolute atomic E-state index is 5.79. The third kappa shape index (κ3) is 15.3. The van der Waals surface area contributed by atoms with Crippen molar-refractivity contribution >= 4 is 54.7 Å². The molecule has 0 saturated carbocycles. The Morgan fingerprint density at radius 1 is 0.536 bits per heavy atom. The van der Waals surface area contributed by atoms with Crippen molar-refractivity contribution in [1.82, 2.24) is 9.80 Å². The third-order valence-electron chi connectivity index (χ3n) is 4.61. The molecule has 2 nitrogen and oxygen atoms in total. The minimum Gasteiger partial charge on any atom is -0.357 e. The summed E-state index contributed by atoms with van der Waals surface area (Å²) in [6.45, 7) is 22.4. The molecule has 0 fully saturated rings. The lowest BCUT2D eigenvalue weighted by Crippen LogP contribution is -2.32. The zero-order valence-corrected chi connectivity index (χ0v) is 22.8. The fraction of sp³-hybridized carbons (Fsp3) is 0.909. The molecule has 0 unspecified atom stereocenters. The van der Waals surface area contributed by atoms with Gasteiger partial charge < -0.3 is 9.80 Å². The third-order valence-corrected chi connectivity index (χ3v) is 8.34. The van der Waals surface area contributed by atoms with E-state index in [1.165, 1.54) is 25.7 Å². The van der Waals surface area contributed by atoms with Crippen LogP contribution in [0.3, 0.4) is 0 Å². The maximum Gasteiger partial charge on any atom is 0.147 e. The van der Waals surface area contributed by atoms with Gasteiger partial charge in [0.1, 0.15) is 8.64 Å². The first kappa shape index (κ1) is 28.5. The zero-order valence-electron chi connectivity index (χ0n) is 19.5. The molecule has 0 spiro atoms. The summed E-state index contributed by atoms with van der Waals surface area (Å²) >= 11 is 11.6. The average molecular weight is 465 g/mol. The molecule has 0 amide bonds. The van der Waals surface area contributed by atoms with Crippen LogP contribution in [0.15, 0.2) is 0 Å². The van der Waals surface area contributed by atoms with Crippen LogP contribution in [0.25, 0.3) is 0 Å². The summed E-state index contributed by atoms with van der Waals surface area (Å²) in [6.07, 6.45) is 4.73. The van der Waals surface area contributed by atoms with E-state index in [0.29, 0.717) is 23.7 Å². The molecule has 0 N–H and O–H groups in total. The summed E-state index contributed by atoms with van der Waals surface area (Å²) in [6, 6.07) is 0. The van der Waals surface area contributed by atoms with Crippen molar-refractivity contribution in [3.8, 4) is 0 Å². The van der Waals surface area contributed by atoms with Crippen LogP contribution in [-0.2, 0) is 0 Å². The van der Waals surface area contributed by atoms with Gasteiger partial charge >= 0.3 is 0 Å². The lowest BCUT2D eigenvalue weighted by Gasteiger charge is -2.28. The van der Waals surface area contributed by atoms with Gasteiger partial charge in [-0.3, -0.25) is 0 Å². The van der Waals surface area contributed by atoms with Crippen LogP contribution in [0.4, 0.5) is 0 Å². The van der Waals surface area contributed by atoms with Gasteiger partial charge in [0.2, 0.25) is 0 Å². The molecule has 0 atom stereocenters. The van der Waals surface area contributed by atoms with Crippen molar-refractivity contribution in [3.05, 3.63) is 0 Å². The van der Waals surface area contributed by atoms with Crippen molar-refractivity contribution in [1.29, 1.82) is 0 Å². The smallest absolute Gasteiger partial charge is 0.147 e. The van der Waals surface area contributed by atoms with Gasteiger partial charge in [0.05, 0.1) is 0 Å². The van der Waals surface area contributed by atoms with E-state index < -0.39 is 0 Å². The molecule has 0 aliphatic heterocycles.